The molecule has 0 aliphatic carbocycles. The number of nitrogens with one attached hydrogen (secondary N) is 1. The molecule has 0 radical (unpaired) electrons. The molecule has 0 saturated carbocycles. The smallest absolute Gasteiger partial charge is 0.231 e. The van der Waals surface area contributed by atoms with Crippen molar-refractivity contribution in [1.29, 1.82) is 0 Å². The molecule has 2 heterocycles. The molecule has 3 aromatic rings. The Morgan fingerprint density at radius 1 is 1.22 bits per heavy atom. The van der Waals surface area contributed by atoms with Crippen LogP contribution in [0.2, 0.25) is 0 Å². The number of ether oxygens (including phenoxy) is 2. The summed E-state index contributed by atoms with van der Waals surface area (Å²) in [5.74, 6) is 0.933. The van der Waals surface area contributed by atoms with Crippen molar-refractivity contribution in [2.75, 3.05) is 12.5 Å². The minimum Gasteiger partial charge on any atom is -0.454 e. The Labute approximate surface area is 157 Å². The van der Waals surface area contributed by atoms with Gasteiger partial charge in [-0.15, -0.1) is 5.10 Å². The van der Waals surface area contributed by atoms with Crippen LogP contribution in [0.3, 0.4) is 0 Å². The summed E-state index contributed by atoms with van der Waals surface area (Å²) in [7, 11) is 0. The van der Waals surface area contributed by atoms with Crippen LogP contribution in [-0.4, -0.2) is 38.7 Å². The molecule has 0 saturated heterocycles. The van der Waals surface area contributed by atoms with E-state index in [1.54, 1.807) is 12.1 Å². The number of tetrazole rings is 1. The molecular weight excluding hydrogens is 373 g/mol. The number of rotatable bonds is 6. The number of thioether (sulfide) groups is 1. The van der Waals surface area contributed by atoms with Gasteiger partial charge in [-0.2, -0.15) is 4.68 Å². The average Bonchev–Trinajstić information content (AvgIpc) is 3.33. The molecule has 138 valence electrons. The summed E-state index contributed by atoms with van der Waals surface area (Å²) in [6.45, 7) is 0.576. The molecule has 8 nitrogen and oxygen atoms in total. The zero-order valence-electron chi connectivity index (χ0n) is 14.0. The number of fused-ring (bicyclic) bond motifs is 1. The van der Waals surface area contributed by atoms with Crippen molar-refractivity contribution in [3.63, 3.8) is 0 Å². The van der Waals surface area contributed by atoms with Gasteiger partial charge in [0.15, 0.2) is 11.5 Å². The standard InChI is InChI=1S/C17H14FN5O3S/c18-12-2-1-3-13(7-12)23-17(20-21-22-23)27-9-16(24)19-8-11-4-5-14-15(6-11)26-10-25-14/h1-7H,8-10H2,(H,19,24). The largest absolute Gasteiger partial charge is 0.454 e. The van der Waals surface area contributed by atoms with Gasteiger partial charge in [-0.1, -0.05) is 23.9 Å². The Morgan fingerprint density at radius 3 is 3.00 bits per heavy atom. The van der Waals surface area contributed by atoms with E-state index in [2.05, 4.69) is 20.8 Å². The molecule has 10 heteroatoms. The lowest BCUT2D eigenvalue weighted by Crippen LogP contribution is -2.24. The van der Waals surface area contributed by atoms with Crippen molar-refractivity contribution in [3.05, 3.63) is 53.8 Å². The number of nitrogens with zero attached hydrogens (tertiary/aromatic N) is 4. The van der Waals surface area contributed by atoms with Crippen LogP contribution < -0.4 is 14.8 Å². The van der Waals surface area contributed by atoms with E-state index in [9.17, 15) is 9.18 Å². The Balaban J connectivity index is 1.33. The number of carbonyl (C=O) groups excluding carboxylic acids is 1. The van der Waals surface area contributed by atoms with Crippen molar-refractivity contribution in [2.24, 2.45) is 0 Å². The zero-order valence-corrected chi connectivity index (χ0v) is 14.8. The van der Waals surface area contributed by atoms with E-state index in [0.29, 0.717) is 28.9 Å². The van der Waals surface area contributed by atoms with Gasteiger partial charge < -0.3 is 14.8 Å². The summed E-state index contributed by atoms with van der Waals surface area (Å²) in [6, 6.07) is 11.4. The third-order valence-corrected chi connectivity index (χ3v) is 4.67. The highest BCUT2D eigenvalue weighted by Gasteiger charge is 2.14. The summed E-state index contributed by atoms with van der Waals surface area (Å²) in [4.78, 5) is 12.1. The molecule has 1 aliphatic rings. The highest BCUT2D eigenvalue weighted by molar-refractivity contribution is 7.99. The Bertz CT molecular complexity index is 981. The van der Waals surface area contributed by atoms with Crippen molar-refractivity contribution in [2.45, 2.75) is 11.7 Å². The molecule has 0 spiro atoms. The van der Waals surface area contributed by atoms with E-state index < -0.39 is 0 Å². The summed E-state index contributed by atoms with van der Waals surface area (Å²) >= 11 is 1.17. The molecule has 1 aliphatic heterocycles. The normalized spacial score (nSPS) is 12.2. The highest BCUT2D eigenvalue weighted by Crippen LogP contribution is 2.32. The molecule has 27 heavy (non-hydrogen) atoms. The maximum Gasteiger partial charge on any atom is 0.231 e. The number of benzene rings is 2. The number of halogens is 1. The second kappa shape index (κ2) is 7.62. The zero-order chi connectivity index (χ0) is 18.6. The predicted octanol–water partition coefficient (Wildman–Crippen LogP) is 1.94. The lowest BCUT2D eigenvalue weighted by Gasteiger charge is -2.07. The first-order chi connectivity index (χ1) is 13.2. The number of hydrogen-bond acceptors (Lipinski definition) is 7. The van der Waals surface area contributed by atoms with E-state index in [-0.39, 0.29) is 24.3 Å². The highest BCUT2D eigenvalue weighted by atomic mass is 32.2. The quantitative estimate of drug-likeness (QED) is 0.646. The van der Waals surface area contributed by atoms with Gasteiger partial charge in [0.25, 0.3) is 0 Å². The summed E-state index contributed by atoms with van der Waals surface area (Å²) in [5, 5.41) is 14.6. The van der Waals surface area contributed by atoms with Crippen molar-refractivity contribution in [3.8, 4) is 17.2 Å². The van der Waals surface area contributed by atoms with Gasteiger partial charge in [-0.05, 0) is 46.3 Å². The van der Waals surface area contributed by atoms with Gasteiger partial charge in [-0.25, -0.2) is 4.39 Å². The van der Waals surface area contributed by atoms with Gasteiger partial charge in [0.2, 0.25) is 17.9 Å². The number of carbonyl (C=O) groups is 1. The van der Waals surface area contributed by atoms with Crippen LogP contribution in [0, 0.1) is 5.82 Å². The third-order valence-electron chi connectivity index (χ3n) is 3.75. The van der Waals surface area contributed by atoms with Gasteiger partial charge >= 0.3 is 0 Å². The first-order valence-electron chi connectivity index (χ1n) is 8.01. The first-order valence-corrected chi connectivity index (χ1v) is 9.00. The van der Waals surface area contributed by atoms with E-state index in [1.165, 1.54) is 28.6 Å². The van der Waals surface area contributed by atoms with Crippen LogP contribution in [-0.2, 0) is 11.3 Å². The molecule has 0 fully saturated rings. The molecule has 1 aromatic heterocycles. The van der Waals surface area contributed by atoms with Crippen molar-refractivity contribution in [1.82, 2.24) is 25.5 Å². The number of aromatic nitrogens is 4. The van der Waals surface area contributed by atoms with Crippen LogP contribution in [0.15, 0.2) is 47.6 Å². The molecule has 0 bridgehead atoms. The predicted molar refractivity (Wildman–Crippen MR) is 94.2 cm³/mol. The van der Waals surface area contributed by atoms with E-state index in [0.717, 1.165) is 5.56 Å². The van der Waals surface area contributed by atoms with E-state index in [1.807, 2.05) is 18.2 Å². The lowest BCUT2D eigenvalue weighted by atomic mass is 10.2. The maximum atomic E-state index is 13.4. The summed E-state index contributed by atoms with van der Waals surface area (Å²) in [6.07, 6.45) is 0. The second-order valence-corrected chi connectivity index (χ2v) is 6.55. The molecule has 4 rings (SSSR count). The average molecular weight is 387 g/mol. The van der Waals surface area contributed by atoms with Crippen LogP contribution >= 0.6 is 11.8 Å². The maximum absolute atomic E-state index is 13.4. The topological polar surface area (TPSA) is 91.2 Å². The van der Waals surface area contributed by atoms with Crippen molar-refractivity contribution >= 4 is 17.7 Å². The molecule has 1 amide bonds. The fraction of sp³-hybridized carbons (Fsp3) is 0.176. The van der Waals surface area contributed by atoms with E-state index >= 15 is 0 Å². The van der Waals surface area contributed by atoms with Gasteiger partial charge in [0.05, 0.1) is 11.4 Å². The van der Waals surface area contributed by atoms with E-state index in [4.69, 9.17) is 9.47 Å². The van der Waals surface area contributed by atoms with Crippen LogP contribution in [0.5, 0.6) is 11.5 Å². The molecule has 0 unspecified atom stereocenters. The minimum atomic E-state index is -0.389. The lowest BCUT2D eigenvalue weighted by molar-refractivity contribution is -0.118. The van der Waals surface area contributed by atoms with Crippen molar-refractivity contribution < 1.29 is 18.7 Å². The molecular formula is C17H14FN5O3S. The fourth-order valence-corrected chi connectivity index (χ4v) is 3.19. The van der Waals surface area contributed by atoms with Gasteiger partial charge in [0, 0.05) is 6.54 Å². The third kappa shape index (κ3) is 4.00. The van der Waals surface area contributed by atoms with Gasteiger partial charge in [0.1, 0.15) is 5.82 Å². The monoisotopic (exact) mass is 387 g/mol. The Hall–Kier alpha value is -3.14. The summed E-state index contributed by atoms with van der Waals surface area (Å²) < 4.78 is 25.3. The SMILES string of the molecule is O=C(CSc1nnnn1-c1cccc(F)c1)NCc1ccc2c(c1)OCO2. The van der Waals surface area contributed by atoms with Crippen LogP contribution in [0.1, 0.15) is 5.56 Å². The minimum absolute atomic E-state index is 0.125. The second-order valence-electron chi connectivity index (χ2n) is 5.61. The van der Waals surface area contributed by atoms with Gasteiger partial charge in [-0.3, -0.25) is 4.79 Å². The fourth-order valence-electron chi connectivity index (χ4n) is 2.47. The van der Waals surface area contributed by atoms with Crippen LogP contribution in [0.25, 0.3) is 5.69 Å². The number of hydrogen-bond donors (Lipinski definition) is 1. The molecule has 0 atom stereocenters. The first kappa shape index (κ1) is 17.3. The molecule has 2 aromatic carbocycles. The summed E-state index contributed by atoms with van der Waals surface area (Å²) in [5.41, 5.74) is 1.39. The van der Waals surface area contributed by atoms with Crippen LogP contribution in [0.4, 0.5) is 4.39 Å². The molecule has 1 N–H and O–H groups in total. The Morgan fingerprint density at radius 2 is 2.11 bits per heavy atom. The number of amides is 1. The Kier molecular flexibility index (Phi) is 4.88.